The number of rotatable bonds is 4. The van der Waals surface area contributed by atoms with E-state index in [1.807, 2.05) is 30.3 Å². The van der Waals surface area contributed by atoms with E-state index in [2.05, 4.69) is 4.36 Å². The molecular weight excluding hydrogens is 286 g/mol. The highest BCUT2D eigenvalue weighted by Crippen LogP contribution is 2.17. The lowest BCUT2D eigenvalue weighted by molar-refractivity contribution is 0.0473. The number of carbonyl (C=O) groups is 1. The molecule has 2 aromatic carbocycles. The van der Waals surface area contributed by atoms with Gasteiger partial charge in [0.05, 0.1) is 11.3 Å². The number of nitrogens with zero attached hydrogens (tertiary/aromatic N) is 1. The van der Waals surface area contributed by atoms with E-state index in [1.54, 1.807) is 36.8 Å². The van der Waals surface area contributed by atoms with Gasteiger partial charge in [0, 0.05) is 22.2 Å². The highest BCUT2D eigenvalue weighted by atomic mass is 32.2. The Hall–Kier alpha value is -2.14. The fraction of sp³-hybridized carbons (Fsp3) is 0.188. The van der Waals surface area contributed by atoms with E-state index in [1.165, 1.54) is 0 Å². The Kier molecular flexibility index (Phi) is 4.75. The predicted molar refractivity (Wildman–Crippen MR) is 84.1 cm³/mol. The molecule has 0 atom stereocenters. The molecule has 0 aromatic heterocycles. The van der Waals surface area contributed by atoms with Crippen molar-refractivity contribution >= 4 is 21.4 Å². The van der Waals surface area contributed by atoms with E-state index in [0.717, 1.165) is 5.56 Å². The number of hydrogen-bond acceptors (Lipinski definition) is 4. The van der Waals surface area contributed by atoms with Crippen LogP contribution in [0.1, 0.15) is 15.9 Å². The van der Waals surface area contributed by atoms with E-state index in [4.69, 9.17) is 4.74 Å². The van der Waals surface area contributed by atoms with Gasteiger partial charge in [0.15, 0.2) is 0 Å². The standard InChI is InChI=1S/C16H17NO3S/c1-21(2,19)17-15-10-6-9-14(11-15)16(18)20-12-13-7-4-3-5-8-13/h3-11H,12H2,1-2H3. The fourth-order valence-corrected chi connectivity index (χ4v) is 2.37. The number of hydrogen-bond donors (Lipinski definition) is 0. The number of carbonyl (C=O) groups excluding carboxylic acids is 1. The molecule has 0 N–H and O–H groups in total. The van der Waals surface area contributed by atoms with E-state index in [0.29, 0.717) is 11.3 Å². The Labute approximate surface area is 125 Å². The molecule has 0 unspecified atom stereocenters. The molecule has 0 heterocycles. The number of ether oxygens (including phenoxy) is 1. The van der Waals surface area contributed by atoms with E-state index < -0.39 is 15.7 Å². The van der Waals surface area contributed by atoms with E-state index >= 15 is 0 Å². The van der Waals surface area contributed by atoms with Crippen molar-refractivity contribution in [3.05, 3.63) is 65.7 Å². The van der Waals surface area contributed by atoms with Crippen molar-refractivity contribution in [2.24, 2.45) is 4.36 Å². The van der Waals surface area contributed by atoms with Crippen LogP contribution >= 0.6 is 0 Å². The smallest absolute Gasteiger partial charge is 0.338 e. The molecule has 5 heteroatoms. The molecule has 0 aliphatic heterocycles. The largest absolute Gasteiger partial charge is 0.457 e. The highest BCUT2D eigenvalue weighted by molar-refractivity contribution is 7.92. The summed E-state index contributed by atoms with van der Waals surface area (Å²) in [6.07, 6.45) is 3.10. The lowest BCUT2D eigenvalue weighted by Gasteiger charge is -2.05. The SMILES string of the molecule is CS(C)(=O)=Nc1cccc(C(=O)OCc2ccccc2)c1. The van der Waals surface area contributed by atoms with Crippen LogP contribution in [0.25, 0.3) is 0 Å². The minimum absolute atomic E-state index is 0.222. The number of esters is 1. The Morgan fingerprint density at radius 3 is 2.48 bits per heavy atom. The predicted octanol–water partition coefficient (Wildman–Crippen LogP) is 3.40. The zero-order valence-electron chi connectivity index (χ0n) is 12.0. The Balaban J connectivity index is 2.10. The second kappa shape index (κ2) is 6.54. The van der Waals surface area contributed by atoms with Gasteiger partial charge in [0.2, 0.25) is 0 Å². The molecule has 0 aliphatic rings. The molecule has 4 nitrogen and oxygen atoms in total. The lowest BCUT2D eigenvalue weighted by atomic mass is 10.2. The molecule has 0 amide bonds. The molecule has 0 spiro atoms. The normalized spacial score (nSPS) is 11.0. The molecule has 2 aromatic rings. The molecule has 0 fully saturated rings. The Bertz CT molecular complexity index is 739. The van der Waals surface area contributed by atoms with Crippen LogP contribution in [-0.2, 0) is 21.1 Å². The summed E-state index contributed by atoms with van der Waals surface area (Å²) in [5.74, 6) is -0.422. The van der Waals surface area contributed by atoms with Crippen LogP contribution < -0.4 is 0 Å². The van der Waals surface area contributed by atoms with Crippen LogP contribution in [0.2, 0.25) is 0 Å². The first kappa shape index (κ1) is 15.3. The van der Waals surface area contributed by atoms with Gasteiger partial charge >= 0.3 is 5.97 Å². The maximum atomic E-state index is 12.0. The second-order valence-electron chi connectivity index (χ2n) is 4.88. The van der Waals surface area contributed by atoms with Gasteiger partial charge in [-0.2, -0.15) is 4.36 Å². The van der Waals surface area contributed by atoms with Crippen molar-refractivity contribution in [3.8, 4) is 0 Å². The molecule has 2 rings (SSSR count). The molecule has 0 saturated heterocycles. The van der Waals surface area contributed by atoms with E-state index in [9.17, 15) is 9.00 Å². The van der Waals surface area contributed by atoms with Crippen molar-refractivity contribution in [2.75, 3.05) is 12.5 Å². The van der Waals surface area contributed by atoms with Gasteiger partial charge in [-0.05, 0) is 23.8 Å². The first-order valence-corrected chi connectivity index (χ1v) is 8.75. The van der Waals surface area contributed by atoms with Gasteiger partial charge in [-0.15, -0.1) is 0 Å². The minimum atomic E-state index is -2.25. The van der Waals surface area contributed by atoms with Gasteiger partial charge in [0.25, 0.3) is 0 Å². The second-order valence-corrected chi connectivity index (χ2v) is 7.43. The average Bonchev–Trinajstić information content (AvgIpc) is 2.44. The molecule has 21 heavy (non-hydrogen) atoms. The summed E-state index contributed by atoms with van der Waals surface area (Å²) in [5.41, 5.74) is 1.84. The van der Waals surface area contributed by atoms with Crippen LogP contribution in [0.3, 0.4) is 0 Å². The molecule has 0 radical (unpaired) electrons. The van der Waals surface area contributed by atoms with Crippen LogP contribution in [0.15, 0.2) is 59.0 Å². The summed E-state index contributed by atoms with van der Waals surface area (Å²) < 4.78 is 21.0. The third-order valence-corrected chi connectivity index (χ3v) is 3.27. The van der Waals surface area contributed by atoms with Crippen LogP contribution in [0, 0.1) is 0 Å². The van der Waals surface area contributed by atoms with Gasteiger partial charge in [-0.25, -0.2) is 9.00 Å². The summed E-state index contributed by atoms with van der Waals surface area (Å²) in [6, 6.07) is 16.1. The average molecular weight is 303 g/mol. The van der Waals surface area contributed by atoms with Crippen molar-refractivity contribution in [1.29, 1.82) is 0 Å². The first-order valence-electron chi connectivity index (χ1n) is 6.42. The summed E-state index contributed by atoms with van der Waals surface area (Å²) in [5, 5.41) is 0. The van der Waals surface area contributed by atoms with Gasteiger partial charge in [0.1, 0.15) is 6.61 Å². The fourth-order valence-electron chi connectivity index (χ4n) is 1.75. The van der Waals surface area contributed by atoms with E-state index in [-0.39, 0.29) is 6.61 Å². The van der Waals surface area contributed by atoms with Gasteiger partial charge < -0.3 is 4.74 Å². The first-order chi connectivity index (χ1) is 9.94. The summed E-state index contributed by atoms with van der Waals surface area (Å²) in [4.78, 5) is 12.0. The molecule has 0 aliphatic carbocycles. The monoisotopic (exact) mass is 303 g/mol. The third kappa shape index (κ3) is 5.04. The van der Waals surface area contributed by atoms with Crippen molar-refractivity contribution in [1.82, 2.24) is 0 Å². The summed E-state index contributed by atoms with van der Waals surface area (Å²) >= 11 is 0. The highest BCUT2D eigenvalue weighted by Gasteiger charge is 2.08. The molecule has 0 saturated carbocycles. The minimum Gasteiger partial charge on any atom is -0.457 e. The van der Waals surface area contributed by atoms with Crippen LogP contribution in [-0.4, -0.2) is 22.7 Å². The summed E-state index contributed by atoms with van der Waals surface area (Å²) in [6.45, 7) is 0.222. The third-order valence-electron chi connectivity index (χ3n) is 2.62. The zero-order valence-corrected chi connectivity index (χ0v) is 12.8. The molecular formula is C16H17NO3S. The van der Waals surface area contributed by atoms with Gasteiger partial charge in [-0.1, -0.05) is 36.4 Å². The van der Waals surface area contributed by atoms with Crippen LogP contribution in [0.4, 0.5) is 5.69 Å². The van der Waals surface area contributed by atoms with Crippen LogP contribution in [0.5, 0.6) is 0 Å². The molecule has 0 bridgehead atoms. The van der Waals surface area contributed by atoms with Crippen molar-refractivity contribution < 1.29 is 13.7 Å². The zero-order chi connectivity index (χ0) is 15.3. The maximum absolute atomic E-state index is 12.0. The maximum Gasteiger partial charge on any atom is 0.338 e. The van der Waals surface area contributed by atoms with Crippen molar-refractivity contribution in [2.45, 2.75) is 6.61 Å². The van der Waals surface area contributed by atoms with Crippen molar-refractivity contribution in [3.63, 3.8) is 0 Å². The Morgan fingerprint density at radius 1 is 1.10 bits per heavy atom. The Morgan fingerprint density at radius 2 is 1.81 bits per heavy atom. The summed E-state index contributed by atoms with van der Waals surface area (Å²) in [7, 11) is -2.25. The topological polar surface area (TPSA) is 55.7 Å². The number of benzene rings is 2. The van der Waals surface area contributed by atoms with Gasteiger partial charge in [-0.3, -0.25) is 0 Å². The lowest BCUT2D eigenvalue weighted by Crippen LogP contribution is -2.05. The quantitative estimate of drug-likeness (QED) is 0.813. The molecule has 110 valence electrons.